The van der Waals surface area contributed by atoms with Crippen LogP contribution < -0.4 is 0 Å². The molecule has 0 unspecified atom stereocenters. The molecule has 6 heteroatoms. The molecule has 0 spiro atoms. The predicted molar refractivity (Wildman–Crippen MR) is 88.6 cm³/mol. The van der Waals surface area contributed by atoms with E-state index in [1.807, 2.05) is 24.3 Å². The fourth-order valence-electron chi connectivity index (χ4n) is 2.83. The summed E-state index contributed by atoms with van der Waals surface area (Å²) in [7, 11) is 0. The minimum atomic E-state index is -4.40. The Morgan fingerprint density at radius 3 is 2.64 bits per heavy atom. The summed E-state index contributed by atoms with van der Waals surface area (Å²) in [5.41, 5.74) is 1.63. The molecule has 0 aliphatic carbocycles. The third-order valence-corrected chi connectivity index (χ3v) is 4.17. The molecule has 1 aromatic heterocycles. The highest BCUT2D eigenvalue weighted by Gasteiger charge is 2.30. The van der Waals surface area contributed by atoms with Crippen LogP contribution in [0, 0.1) is 0 Å². The van der Waals surface area contributed by atoms with Gasteiger partial charge in [-0.3, -0.25) is 9.78 Å². The summed E-state index contributed by atoms with van der Waals surface area (Å²) in [6, 6.07) is 10.6. The van der Waals surface area contributed by atoms with Crippen LogP contribution in [0.2, 0.25) is 0 Å². The number of aromatic nitrogens is 1. The van der Waals surface area contributed by atoms with Crippen LogP contribution in [0.15, 0.2) is 54.7 Å². The SMILES string of the molecule is O=C(Cc1cccc(C(F)(F)F)c1)N1CC=C(c2ccccn2)CC1. The second-order valence-corrected chi connectivity index (χ2v) is 5.91. The number of nitrogens with zero attached hydrogens (tertiary/aromatic N) is 2. The van der Waals surface area contributed by atoms with Crippen molar-refractivity contribution in [2.24, 2.45) is 0 Å². The van der Waals surface area contributed by atoms with Crippen molar-refractivity contribution in [3.8, 4) is 0 Å². The van der Waals surface area contributed by atoms with Gasteiger partial charge in [-0.1, -0.05) is 30.3 Å². The third kappa shape index (κ3) is 4.26. The van der Waals surface area contributed by atoms with Crippen molar-refractivity contribution in [2.45, 2.75) is 19.0 Å². The van der Waals surface area contributed by atoms with E-state index in [9.17, 15) is 18.0 Å². The maximum Gasteiger partial charge on any atom is 0.416 e. The van der Waals surface area contributed by atoms with Gasteiger partial charge >= 0.3 is 6.18 Å². The van der Waals surface area contributed by atoms with Gasteiger partial charge in [-0.25, -0.2) is 0 Å². The lowest BCUT2D eigenvalue weighted by atomic mass is 10.0. The zero-order valence-electron chi connectivity index (χ0n) is 13.5. The number of carbonyl (C=O) groups is 1. The highest BCUT2D eigenvalue weighted by molar-refractivity contribution is 5.80. The summed E-state index contributed by atoms with van der Waals surface area (Å²) >= 11 is 0. The maximum absolute atomic E-state index is 12.8. The predicted octanol–water partition coefficient (Wildman–Crippen LogP) is 3.96. The molecule has 1 aromatic carbocycles. The van der Waals surface area contributed by atoms with Gasteiger partial charge in [0.2, 0.25) is 5.91 Å². The normalized spacial score (nSPS) is 15.0. The lowest BCUT2D eigenvalue weighted by Gasteiger charge is -2.26. The zero-order valence-corrected chi connectivity index (χ0v) is 13.5. The van der Waals surface area contributed by atoms with Crippen LogP contribution in [0.1, 0.15) is 23.2 Å². The lowest BCUT2D eigenvalue weighted by molar-refractivity contribution is -0.138. The first kappa shape index (κ1) is 17.2. The van der Waals surface area contributed by atoms with Crippen molar-refractivity contribution in [1.29, 1.82) is 0 Å². The summed E-state index contributed by atoms with van der Waals surface area (Å²) in [6.45, 7) is 0.990. The van der Waals surface area contributed by atoms with E-state index in [0.29, 0.717) is 25.1 Å². The van der Waals surface area contributed by atoms with Gasteiger partial charge in [0.25, 0.3) is 0 Å². The summed E-state index contributed by atoms with van der Waals surface area (Å²) in [5.74, 6) is -0.171. The highest BCUT2D eigenvalue weighted by Crippen LogP contribution is 2.29. The fraction of sp³-hybridized carbons (Fsp3) is 0.263. The Kier molecular flexibility index (Phi) is 4.88. The Labute approximate surface area is 143 Å². The van der Waals surface area contributed by atoms with Crippen molar-refractivity contribution >= 4 is 11.5 Å². The van der Waals surface area contributed by atoms with E-state index < -0.39 is 11.7 Å². The van der Waals surface area contributed by atoms with Gasteiger partial charge in [0.15, 0.2) is 0 Å². The minimum Gasteiger partial charge on any atom is -0.338 e. The molecule has 25 heavy (non-hydrogen) atoms. The first-order chi connectivity index (χ1) is 11.9. The van der Waals surface area contributed by atoms with Crippen molar-refractivity contribution in [3.63, 3.8) is 0 Å². The third-order valence-electron chi connectivity index (χ3n) is 4.17. The molecular weight excluding hydrogens is 329 g/mol. The number of pyridine rings is 1. The van der Waals surface area contributed by atoms with Crippen LogP contribution in [0.4, 0.5) is 13.2 Å². The highest BCUT2D eigenvalue weighted by atomic mass is 19.4. The Morgan fingerprint density at radius 2 is 2.00 bits per heavy atom. The number of amides is 1. The van der Waals surface area contributed by atoms with Crippen LogP contribution in [-0.4, -0.2) is 28.9 Å². The van der Waals surface area contributed by atoms with Crippen molar-refractivity contribution in [3.05, 3.63) is 71.6 Å². The van der Waals surface area contributed by atoms with E-state index in [2.05, 4.69) is 4.98 Å². The lowest BCUT2D eigenvalue weighted by Crippen LogP contribution is -2.35. The summed E-state index contributed by atoms with van der Waals surface area (Å²) < 4.78 is 38.3. The van der Waals surface area contributed by atoms with Crippen LogP contribution in [0.25, 0.3) is 5.57 Å². The number of benzene rings is 1. The van der Waals surface area contributed by atoms with E-state index in [4.69, 9.17) is 0 Å². The molecule has 0 radical (unpaired) electrons. The molecule has 3 rings (SSSR count). The summed E-state index contributed by atoms with van der Waals surface area (Å²) in [6.07, 6.45) is -0.0657. The quantitative estimate of drug-likeness (QED) is 0.843. The van der Waals surface area contributed by atoms with E-state index in [-0.39, 0.29) is 12.3 Å². The van der Waals surface area contributed by atoms with Gasteiger partial charge in [-0.05, 0) is 35.8 Å². The van der Waals surface area contributed by atoms with Crippen LogP contribution in [0.3, 0.4) is 0 Å². The monoisotopic (exact) mass is 346 g/mol. The van der Waals surface area contributed by atoms with Crippen LogP contribution in [-0.2, 0) is 17.4 Å². The molecule has 1 aliphatic rings. The van der Waals surface area contributed by atoms with Gasteiger partial charge in [-0.2, -0.15) is 13.2 Å². The van der Waals surface area contributed by atoms with Crippen molar-refractivity contribution in [2.75, 3.05) is 13.1 Å². The minimum absolute atomic E-state index is 0.0311. The van der Waals surface area contributed by atoms with Crippen molar-refractivity contribution in [1.82, 2.24) is 9.88 Å². The standard InChI is InChI=1S/C19H17F3N2O/c20-19(21,22)16-5-3-4-14(12-16)13-18(25)24-10-7-15(8-11-24)17-6-1-2-9-23-17/h1-7,9,12H,8,10-11,13H2. The van der Waals surface area contributed by atoms with E-state index in [1.54, 1.807) is 17.2 Å². The number of alkyl halides is 3. The Morgan fingerprint density at radius 1 is 1.16 bits per heavy atom. The van der Waals surface area contributed by atoms with E-state index >= 15 is 0 Å². The van der Waals surface area contributed by atoms with Gasteiger partial charge < -0.3 is 4.90 Å². The molecule has 1 aliphatic heterocycles. The average molecular weight is 346 g/mol. The van der Waals surface area contributed by atoms with Crippen LogP contribution in [0.5, 0.6) is 0 Å². The molecule has 0 saturated heterocycles. The average Bonchev–Trinajstić information content (AvgIpc) is 2.62. The molecule has 0 saturated carbocycles. The van der Waals surface area contributed by atoms with E-state index in [0.717, 1.165) is 23.4 Å². The molecular formula is C19H17F3N2O. The molecule has 0 fully saturated rings. The van der Waals surface area contributed by atoms with Gasteiger partial charge in [0.1, 0.15) is 0 Å². The first-order valence-electron chi connectivity index (χ1n) is 7.98. The van der Waals surface area contributed by atoms with E-state index in [1.165, 1.54) is 6.07 Å². The molecule has 3 nitrogen and oxygen atoms in total. The van der Waals surface area contributed by atoms with Gasteiger partial charge in [0.05, 0.1) is 17.7 Å². The second kappa shape index (κ2) is 7.09. The van der Waals surface area contributed by atoms with Gasteiger partial charge in [-0.15, -0.1) is 0 Å². The molecule has 0 atom stereocenters. The number of halogens is 3. The molecule has 130 valence electrons. The topological polar surface area (TPSA) is 33.2 Å². The van der Waals surface area contributed by atoms with Crippen molar-refractivity contribution < 1.29 is 18.0 Å². The first-order valence-corrected chi connectivity index (χ1v) is 7.98. The molecule has 2 heterocycles. The zero-order chi connectivity index (χ0) is 17.9. The number of rotatable bonds is 3. The summed E-state index contributed by atoms with van der Waals surface area (Å²) in [5, 5.41) is 0. The summed E-state index contributed by atoms with van der Waals surface area (Å²) in [4.78, 5) is 18.3. The molecule has 1 amide bonds. The number of hydrogen-bond donors (Lipinski definition) is 0. The Bertz CT molecular complexity index is 785. The Hall–Kier alpha value is -2.63. The largest absolute Gasteiger partial charge is 0.416 e. The molecule has 0 N–H and O–H groups in total. The van der Waals surface area contributed by atoms with Crippen LogP contribution >= 0.6 is 0 Å². The smallest absolute Gasteiger partial charge is 0.338 e. The molecule has 0 bridgehead atoms. The Balaban J connectivity index is 1.65. The fourth-order valence-corrected chi connectivity index (χ4v) is 2.83. The number of carbonyl (C=O) groups excluding carboxylic acids is 1. The maximum atomic E-state index is 12.8. The molecule has 2 aromatic rings. The van der Waals surface area contributed by atoms with Gasteiger partial charge in [0, 0.05) is 19.3 Å². The second-order valence-electron chi connectivity index (χ2n) is 5.91. The number of hydrogen-bond acceptors (Lipinski definition) is 2.